The molecule has 9 nitrogen and oxygen atoms in total. The molecule has 0 saturated heterocycles. The maximum absolute atomic E-state index is 12.9. The molecule has 0 aliphatic heterocycles. The summed E-state index contributed by atoms with van der Waals surface area (Å²) in [5, 5.41) is 19.1. The first-order valence-corrected chi connectivity index (χ1v) is 12.0. The van der Waals surface area contributed by atoms with E-state index in [4.69, 9.17) is 5.14 Å². The number of carbonyl (C=O) groups is 1. The molecule has 1 atom stereocenters. The highest BCUT2D eigenvalue weighted by atomic mass is 32.2. The smallest absolute Gasteiger partial charge is 0.354 e. The number of hydrogen-bond donors (Lipinski definition) is 3. The Hall–Kier alpha value is -2.73. The van der Waals surface area contributed by atoms with Crippen molar-refractivity contribution in [2.24, 2.45) is 9.50 Å². The van der Waals surface area contributed by atoms with Crippen molar-refractivity contribution in [3.63, 3.8) is 0 Å². The van der Waals surface area contributed by atoms with Gasteiger partial charge < -0.3 is 10.4 Å². The minimum atomic E-state index is -3.53. The lowest BCUT2D eigenvalue weighted by atomic mass is 10.0. The molecule has 0 aromatic carbocycles. The van der Waals surface area contributed by atoms with Gasteiger partial charge in [0, 0.05) is 29.8 Å². The molecule has 3 aromatic heterocycles. The molecule has 4 N–H and O–H groups in total. The van der Waals surface area contributed by atoms with Gasteiger partial charge in [-0.3, -0.25) is 9.97 Å². The van der Waals surface area contributed by atoms with E-state index < -0.39 is 21.5 Å². The number of nitrogens with zero attached hydrogens (tertiary/aromatic N) is 4. The number of carbonyl (C=O) groups excluding carboxylic acids is 1. The molecular weight excluding hydrogens is 436 g/mol. The molecule has 4 rings (SSSR count). The SMILES string of the molecule is CC(C)(O)c1ncc(S(N)(=O)=NC(=O)Nc2c(-c3ccncc3)cnc3c2CCC3)s1. The quantitative estimate of drug-likeness (QED) is 0.547. The Morgan fingerprint density at radius 2 is 2.00 bits per heavy atom. The number of urea groups is 1. The van der Waals surface area contributed by atoms with E-state index in [0.717, 1.165) is 53.0 Å². The van der Waals surface area contributed by atoms with E-state index in [2.05, 4.69) is 24.6 Å². The average Bonchev–Trinajstić information content (AvgIpc) is 3.38. The fourth-order valence-electron chi connectivity index (χ4n) is 3.38. The molecule has 2 amide bonds. The second-order valence-corrected chi connectivity index (χ2v) is 10.7. The van der Waals surface area contributed by atoms with E-state index in [0.29, 0.717) is 10.7 Å². The number of nitrogens with one attached hydrogen (secondary N) is 1. The number of hydrogen-bond acceptors (Lipinski definition) is 7. The third-order valence-corrected chi connectivity index (χ3v) is 8.04. The third-order valence-electron chi connectivity index (χ3n) is 4.85. The maximum Gasteiger partial charge on any atom is 0.354 e. The molecule has 1 unspecified atom stereocenters. The molecule has 162 valence electrons. The van der Waals surface area contributed by atoms with E-state index >= 15 is 0 Å². The highest BCUT2D eigenvalue weighted by Crippen LogP contribution is 2.36. The van der Waals surface area contributed by atoms with E-state index in [9.17, 15) is 14.1 Å². The minimum Gasteiger partial charge on any atom is -0.383 e. The number of aliphatic hydroxyl groups is 1. The van der Waals surface area contributed by atoms with Crippen LogP contribution in [0.3, 0.4) is 0 Å². The zero-order chi connectivity index (χ0) is 22.2. The van der Waals surface area contributed by atoms with Crippen LogP contribution in [0.15, 0.2) is 45.5 Å². The van der Waals surface area contributed by atoms with Crippen LogP contribution in [0, 0.1) is 0 Å². The summed E-state index contributed by atoms with van der Waals surface area (Å²) >= 11 is 0.963. The molecule has 3 aromatic rings. The Bertz CT molecular complexity index is 1260. The molecule has 0 fully saturated rings. The standard InChI is InChI=1S/C20H22N6O3S2/c1-20(2,28)18-24-11-16(30-18)31(21,29)26-19(27)25-17-13-4-3-5-15(13)23-10-14(17)12-6-8-22-9-7-12/h6-11,28H,3-5H2,1-2H3,(H3,21,23,25,26,27,29). The fourth-order valence-corrected chi connectivity index (χ4v) is 5.44. The van der Waals surface area contributed by atoms with E-state index in [1.807, 2.05) is 12.1 Å². The highest BCUT2D eigenvalue weighted by molar-refractivity contribution is 7.93. The van der Waals surface area contributed by atoms with Gasteiger partial charge in [0.2, 0.25) is 0 Å². The molecular formula is C20H22N6O3S2. The lowest BCUT2D eigenvalue weighted by molar-refractivity contribution is 0.0783. The summed E-state index contributed by atoms with van der Waals surface area (Å²) in [5.74, 6) is 0. The molecule has 1 aliphatic carbocycles. The molecule has 11 heteroatoms. The molecule has 0 radical (unpaired) electrons. The molecule has 0 bridgehead atoms. The number of anilines is 1. The predicted octanol–water partition coefficient (Wildman–Crippen LogP) is 3.25. The van der Waals surface area contributed by atoms with Crippen molar-refractivity contribution in [3.8, 4) is 11.1 Å². The van der Waals surface area contributed by atoms with E-state index in [1.165, 1.54) is 6.20 Å². The monoisotopic (exact) mass is 458 g/mol. The molecule has 31 heavy (non-hydrogen) atoms. The van der Waals surface area contributed by atoms with Crippen LogP contribution in [0.25, 0.3) is 11.1 Å². The van der Waals surface area contributed by atoms with Crippen LogP contribution < -0.4 is 10.5 Å². The maximum atomic E-state index is 12.9. The molecule has 1 aliphatic rings. The number of amides is 2. The fraction of sp³-hybridized carbons (Fsp3) is 0.300. The first-order valence-electron chi connectivity index (χ1n) is 9.61. The van der Waals surface area contributed by atoms with Gasteiger partial charge in [-0.05, 0) is 56.4 Å². The van der Waals surface area contributed by atoms with Crippen LogP contribution in [0.5, 0.6) is 0 Å². The number of aryl methyl sites for hydroxylation is 1. The van der Waals surface area contributed by atoms with E-state index in [-0.39, 0.29) is 4.21 Å². The number of pyridine rings is 2. The van der Waals surface area contributed by atoms with Crippen molar-refractivity contribution in [2.75, 3.05) is 5.32 Å². The Morgan fingerprint density at radius 3 is 2.68 bits per heavy atom. The Balaban J connectivity index is 1.70. The second kappa shape index (κ2) is 8.08. The lowest BCUT2D eigenvalue weighted by Gasteiger charge is -2.14. The van der Waals surface area contributed by atoms with Crippen molar-refractivity contribution in [3.05, 3.63) is 53.2 Å². The number of thiazole rings is 1. The largest absolute Gasteiger partial charge is 0.383 e. The van der Waals surface area contributed by atoms with Gasteiger partial charge in [-0.25, -0.2) is 19.1 Å². The van der Waals surface area contributed by atoms with Gasteiger partial charge >= 0.3 is 6.03 Å². The first-order chi connectivity index (χ1) is 14.6. The average molecular weight is 459 g/mol. The molecule has 0 saturated carbocycles. The lowest BCUT2D eigenvalue weighted by Crippen LogP contribution is -2.18. The van der Waals surface area contributed by atoms with Gasteiger partial charge in [-0.2, -0.15) is 0 Å². The van der Waals surface area contributed by atoms with Crippen LogP contribution in [0.2, 0.25) is 0 Å². The highest BCUT2D eigenvalue weighted by Gasteiger charge is 2.25. The first kappa shape index (κ1) is 21.5. The van der Waals surface area contributed by atoms with Crippen molar-refractivity contribution in [1.29, 1.82) is 0 Å². The number of nitrogens with two attached hydrogens (primary N) is 1. The Morgan fingerprint density at radius 1 is 1.26 bits per heavy atom. The zero-order valence-corrected chi connectivity index (χ0v) is 18.7. The Kier molecular flexibility index (Phi) is 5.60. The molecule has 3 heterocycles. The predicted molar refractivity (Wildman–Crippen MR) is 119 cm³/mol. The van der Waals surface area contributed by atoms with Crippen molar-refractivity contribution in [2.45, 2.75) is 42.9 Å². The number of rotatable bonds is 4. The van der Waals surface area contributed by atoms with Gasteiger partial charge in [0.05, 0.1) is 11.9 Å². The Labute approximate surface area is 184 Å². The van der Waals surface area contributed by atoms with Crippen molar-refractivity contribution >= 4 is 33.0 Å². The minimum absolute atomic E-state index is 0.120. The topological polar surface area (TPSA) is 143 Å². The van der Waals surface area contributed by atoms with Gasteiger partial charge in [-0.15, -0.1) is 15.7 Å². The van der Waals surface area contributed by atoms with Gasteiger partial charge in [0.1, 0.15) is 14.8 Å². The van der Waals surface area contributed by atoms with Crippen LogP contribution in [-0.2, 0) is 28.4 Å². The summed E-state index contributed by atoms with van der Waals surface area (Å²) in [6.07, 6.45) is 8.87. The number of fused-ring (bicyclic) bond motifs is 1. The summed E-state index contributed by atoms with van der Waals surface area (Å²) in [7, 11) is -3.53. The summed E-state index contributed by atoms with van der Waals surface area (Å²) in [4.78, 5) is 25.4. The third kappa shape index (κ3) is 4.49. The van der Waals surface area contributed by atoms with Gasteiger partial charge in [0.15, 0.2) is 9.92 Å². The summed E-state index contributed by atoms with van der Waals surface area (Å²) in [5.41, 5.74) is 2.84. The van der Waals surface area contributed by atoms with E-state index in [1.54, 1.807) is 32.4 Å². The van der Waals surface area contributed by atoms with Crippen LogP contribution in [0.4, 0.5) is 10.5 Å². The second-order valence-electron chi connectivity index (χ2n) is 7.70. The summed E-state index contributed by atoms with van der Waals surface area (Å²) < 4.78 is 16.8. The number of aromatic nitrogens is 3. The summed E-state index contributed by atoms with van der Waals surface area (Å²) in [6, 6.07) is 2.83. The van der Waals surface area contributed by atoms with Crippen LogP contribution in [0.1, 0.15) is 36.5 Å². The van der Waals surface area contributed by atoms with Crippen molar-refractivity contribution < 1.29 is 14.1 Å². The molecule has 0 spiro atoms. The van der Waals surface area contributed by atoms with Crippen molar-refractivity contribution in [1.82, 2.24) is 15.0 Å². The van der Waals surface area contributed by atoms with Gasteiger partial charge in [-0.1, -0.05) is 0 Å². The van der Waals surface area contributed by atoms with Crippen LogP contribution in [-0.4, -0.2) is 30.3 Å². The van der Waals surface area contributed by atoms with Gasteiger partial charge in [0.25, 0.3) is 0 Å². The summed E-state index contributed by atoms with van der Waals surface area (Å²) in [6.45, 7) is 3.12. The normalized spacial score (nSPS) is 15.2. The van der Waals surface area contributed by atoms with Crippen LogP contribution >= 0.6 is 11.3 Å². The zero-order valence-electron chi connectivity index (χ0n) is 17.0.